The van der Waals surface area contributed by atoms with E-state index in [1.165, 1.54) is 6.07 Å². The second-order valence-electron chi connectivity index (χ2n) is 5.99. The van der Waals surface area contributed by atoms with Crippen LogP contribution in [-0.4, -0.2) is 20.7 Å². The highest BCUT2D eigenvalue weighted by molar-refractivity contribution is 6.05. The Kier molecular flexibility index (Phi) is 3.82. The SMILES string of the molecule is CC(C)c1c(C(=O)O)c2ccc(O)cc2n1Cc1ccccc1. The number of hydrogen-bond donors (Lipinski definition) is 2. The number of phenols is 1. The predicted molar refractivity (Wildman–Crippen MR) is 90.2 cm³/mol. The monoisotopic (exact) mass is 309 g/mol. The molecule has 0 spiro atoms. The Balaban J connectivity index is 2.31. The number of phenolic OH excluding ortho intramolecular Hbond substituents is 1. The van der Waals surface area contributed by atoms with Crippen molar-refractivity contribution in [3.8, 4) is 5.75 Å². The summed E-state index contributed by atoms with van der Waals surface area (Å²) in [5.41, 5.74) is 2.94. The Morgan fingerprint density at radius 1 is 1.13 bits per heavy atom. The molecule has 3 aromatic rings. The molecule has 23 heavy (non-hydrogen) atoms. The van der Waals surface area contributed by atoms with Crippen molar-refractivity contribution in [2.45, 2.75) is 26.3 Å². The molecular weight excluding hydrogens is 290 g/mol. The number of carboxylic acids is 1. The quantitative estimate of drug-likeness (QED) is 0.758. The normalized spacial score (nSPS) is 11.3. The standard InChI is InChI=1S/C19H19NO3/c1-12(2)18-17(19(22)23)15-9-8-14(21)10-16(15)20(18)11-13-6-4-3-5-7-13/h3-10,12,21H,11H2,1-2H3,(H,22,23). The first kappa shape index (κ1) is 15.2. The maximum absolute atomic E-state index is 11.8. The second-order valence-corrected chi connectivity index (χ2v) is 5.99. The average molecular weight is 309 g/mol. The summed E-state index contributed by atoms with van der Waals surface area (Å²) in [5.74, 6) is -0.743. The number of aromatic nitrogens is 1. The van der Waals surface area contributed by atoms with Crippen LogP contribution in [0, 0.1) is 0 Å². The zero-order chi connectivity index (χ0) is 16.6. The van der Waals surface area contributed by atoms with Crippen LogP contribution in [0.25, 0.3) is 10.9 Å². The number of rotatable bonds is 4. The molecule has 0 amide bonds. The van der Waals surface area contributed by atoms with Crippen LogP contribution >= 0.6 is 0 Å². The summed E-state index contributed by atoms with van der Waals surface area (Å²) in [5, 5.41) is 20.2. The van der Waals surface area contributed by atoms with Crippen LogP contribution in [0.1, 0.15) is 41.4 Å². The molecule has 2 N–H and O–H groups in total. The lowest BCUT2D eigenvalue weighted by Crippen LogP contribution is -2.09. The summed E-state index contributed by atoms with van der Waals surface area (Å²) in [7, 11) is 0. The van der Waals surface area contributed by atoms with Crippen molar-refractivity contribution in [2.75, 3.05) is 0 Å². The minimum Gasteiger partial charge on any atom is -0.508 e. The number of aromatic carboxylic acids is 1. The topological polar surface area (TPSA) is 62.5 Å². The van der Waals surface area contributed by atoms with E-state index in [4.69, 9.17) is 0 Å². The van der Waals surface area contributed by atoms with Crippen LogP contribution in [0.15, 0.2) is 48.5 Å². The molecule has 0 bridgehead atoms. The number of nitrogens with zero attached hydrogens (tertiary/aromatic N) is 1. The Morgan fingerprint density at radius 2 is 1.83 bits per heavy atom. The molecule has 0 saturated heterocycles. The van der Waals surface area contributed by atoms with Crippen molar-refractivity contribution >= 4 is 16.9 Å². The molecule has 0 atom stereocenters. The molecule has 1 aromatic heterocycles. The van der Waals surface area contributed by atoms with Crippen molar-refractivity contribution in [1.82, 2.24) is 4.57 Å². The fourth-order valence-electron chi connectivity index (χ4n) is 3.12. The number of carboxylic acid groups (broad SMARTS) is 1. The van der Waals surface area contributed by atoms with E-state index in [1.807, 2.05) is 48.7 Å². The first-order chi connectivity index (χ1) is 11.0. The van der Waals surface area contributed by atoms with E-state index in [-0.39, 0.29) is 11.7 Å². The first-order valence-corrected chi connectivity index (χ1v) is 7.61. The third-order valence-electron chi connectivity index (χ3n) is 4.03. The van der Waals surface area contributed by atoms with Crippen LogP contribution in [-0.2, 0) is 6.54 Å². The molecule has 118 valence electrons. The van der Waals surface area contributed by atoms with Crippen molar-refractivity contribution < 1.29 is 15.0 Å². The van der Waals surface area contributed by atoms with Gasteiger partial charge in [0, 0.05) is 23.7 Å². The van der Waals surface area contributed by atoms with Gasteiger partial charge in [-0.2, -0.15) is 0 Å². The van der Waals surface area contributed by atoms with Gasteiger partial charge in [-0.05, 0) is 23.6 Å². The van der Waals surface area contributed by atoms with Gasteiger partial charge in [-0.3, -0.25) is 0 Å². The van der Waals surface area contributed by atoms with Crippen molar-refractivity contribution in [3.63, 3.8) is 0 Å². The minimum atomic E-state index is -0.934. The van der Waals surface area contributed by atoms with Crippen LogP contribution in [0.2, 0.25) is 0 Å². The smallest absolute Gasteiger partial charge is 0.338 e. The third kappa shape index (κ3) is 2.68. The largest absolute Gasteiger partial charge is 0.508 e. The Morgan fingerprint density at radius 3 is 2.43 bits per heavy atom. The van der Waals surface area contributed by atoms with Crippen molar-refractivity contribution in [1.29, 1.82) is 0 Å². The van der Waals surface area contributed by atoms with E-state index in [1.54, 1.807) is 12.1 Å². The van der Waals surface area contributed by atoms with Crippen molar-refractivity contribution in [3.05, 3.63) is 65.4 Å². The van der Waals surface area contributed by atoms with Gasteiger partial charge in [-0.15, -0.1) is 0 Å². The Bertz CT molecular complexity index is 863. The fourth-order valence-corrected chi connectivity index (χ4v) is 3.12. The van der Waals surface area contributed by atoms with Crippen LogP contribution in [0.3, 0.4) is 0 Å². The highest BCUT2D eigenvalue weighted by Crippen LogP contribution is 2.33. The number of carbonyl (C=O) groups is 1. The van der Waals surface area contributed by atoms with Crippen LogP contribution < -0.4 is 0 Å². The zero-order valence-electron chi connectivity index (χ0n) is 13.2. The maximum Gasteiger partial charge on any atom is 0.338 e. The average Bonchev–Trinajstić information content (AvgIpc) is 2.82. The lowest BCUT2D eigenvalue weighted by molar-refractivity contribution is 0.0697. The van der Waals surface area contributed by atoms with Crippen molar-refractivity contribution in [2.24, 2.45) is 0 Å². The molecule has 4 heteroatoms. The van der Waals surface area contributed by atoms with Gasteiger partial charge in [0.15, 0.2) is 0 Å². The number of hydrogen-bond acceptors (Lipinski definition) is 2. The molecule has 1 heterocycles. The van der Waals surface area contributed by atoms with Gasteiger partial charge in [0.2, 0.25) is 0 Å². The highest BCUT2D eigenvalue weighted by atomic mass is 16.4. The number of fused-ring (bicyclic) bond motifs is 1. The summed E-state index contributed by atoms with van der Waals surface area (Å²) < 4.78 is 2.00. The third-order valence-corrected chi connectivity index (χ3v) is 4.03. The molecule has 0 aliphatic rings. The van der Waals surface area contributed by atoms with E-state index in [0.717, 1.165) is 16.8 Å². The molecule has 4 nitrogen and oxygen atoms in total. The van der Waals surface area contributed by atoms with E-state index in [0.29, 0.717) is 17.5 Å². The summed E-state index contributed by atoms with van der Waals surface area (Å²) in [6.07, 6.45) is 0. The lowest BCUT2D eigenvalue weighted by Gasteiger charge is -2.14. The zero-order valence-corrected chi connectivity index (χ0v) is 13.2. The van der Waals surface area contributed by atoms with E-state index in [9.17, 15) is 15.0 Å². The Labute approximate surface area is 134 Å². The molecule has 0 aliphatic carbocycles. The Hall–Kier alpha value is -2.75. The van der Waals surface area contributed by atoms with E-state index < -0.39 is 5.97 Å². The molecule has 3 rings (SSSR count). The summed E-state index contributed by atoms with van der Waals surface area (Å²) in [6.45, 7) is 4.55. The number of aromatic hydroxyl groups is 1. The molecule has 0 aliphatic heterocycles. The highest BCUT2D eigenvalue weighted by Gasteiger charge is 2.24. The van der Waals surface area contributed by atoms with Gasteiger partial charge in [0.05, 0.1) is 11.1 Å². The van der Waals surface area contributed by atoms with Crippen LogP contribution in [0.5, 0.6) is 5.75 Å². The van der Waals surface area contributed by atoms with E-state index >= 15 is 0 Å². The maximum atomic E-state index is 11.8. The van der Waals surface area contributed by atoms with Gasteiger partial charge in [0.25, 0.3) is 0 Å². The lowest BCUT2D eigenvalue weighted by atomic mass is 10.0. The molecule has 0 radical (unpaired) electrons. The summed E-state index contributed by atoms with van der Waals surface area (Å²) in [6, 6.07) is 14.8. The van der Waals surface area contributed by atoms with Crippen LogP contribution in [0.4, 0.5) is 0 Å². The van der Waals surface area contributed by atoms with Gasteiger partial charge in [-0.1, -0.05) is 44.2 Å². The minimum absolute atomic E-state index is 0.0550. The molecule has 0 fully saturated rings. The molecule has 2 aromatic carbocycles. The first-order valence-electron chi connectivity index (χ1n) is 7.61. The molecular formula is C19H19NO3. The van der Waals surface area contributed by atoms with Gasteiger partial charge >= 0.3 is 5.97 Å². The molecule has 0 unspecified atom stereocenters. The number of benzene rings is 2. The predicted octanol–water partition coefficient (Wildman–Crippen LogP) is 4.22. The second kappa shape index (κ2) is 5.80. The van der Waals surface area contributed by atoms with Gasteiger partial charge < -0.3 is 14.8 Å². The van der Waals surface area contributed by atoms with Gasteiger partial charge in [-0.25, -0.2) is 4.79 Å². The summed E-state index contributed by atoms with van der Waals surface area (Å²) in [4.78, 5) is 11.8. The summed E-state index contributed by atoms with van der Waals surface area (Å²) >= 11 is 0. The van der Waals surface area contributed by atoms with E-state index in [2.05, 4.69) is 0 Å². The molecule has 0 saturated carbocycles. The fraction of sp³-hybridized carbons (Fsp3) is 0.211. The van der Waals surface area contributed by atoms with Gasteiger partial charge in [0.1, 0.15) is 5.75 Å².